The van der Waals surface area contributed by atoms with Crippen molar-refractivity contribution < 1.29 is 18.3 Å². The van der Waals surface area contributed by atoms with Gasteiger partial charge in [-0.3, -0.25) is 9.36 Å². The lowest BCUT2D eigenvalue weighted by atomic mass is 9.97. The van der Waals surface area contributed by atoms with E-state index in [9.17, 15) is 13.6 Å². The summed E-state index contributed by atoms with van der Waals surface area (Å²) >= 11 is 0. The molecule has 0 spiro atoms. The fourth-order valence-electron chi connectivity index (χ4n) is 4.68. The predicted molar refractivity (Wildman–Crippen MR) is 117 cm³/mol. The minimum Gasteiger partial charge on any atom is -0.490 e. The molecular weight excluding hydrogens is 430 g/mol. The van der Waals surface area contributed by atoms with E-state index in [2.05, 4.69) is 9.97 Å². The van der Waals surface area contributed by atoms with Crippen molar-refractivity contribution in [3.8, 4) is 11.7 Å². The second kappa shape index (κ2) is 7.22. The molecule has 8 nitrogen and oxygen atoms in total. The van der Waals surface area contributed by atoms with E-state index in [-0.39, 0.29) is 17.9 Å². The Kier molecular flexibility index (Phi) is 4.29. The number of aldehydes is 1. The van der Waals surface area contributed by atoms with Crippen molar-refractivity contribution in [2.24, 2.45) is 0 Å². The van der Waals surface area contributed by atoms with Gasteiger partial charge in [0.2, 0.25) is 5.95 Å². The third-order valence-electron chi connectivity index (χ3n) is 6.24. The second-order valence-electron chi connectivity index (χ2n) is 7.97. The number of nitrogens with zero attached hydrogens (tertiary/aromatic N) is 6. The van der Waals surface area contributed by atoms with Gasteiger partial charge in [-0.15, -0.1) is 0 Å². The molecule has 0 N–H and O–H groups in total. The summed E-state index contributed by atoms with van der Waals surface area (Å²) in [7, 11) is 1.75. The summed E-state index contributed by atoms with van der Waals surface area (Å²) in [4.78, 5) is 29.2. The Morgan fingerprint density at radius 3 is 2.79 bits per heavy atom. The standard InChI is InChI=1S/C23H18F2N6O2/c1-29-18-10-26-23(30-12-27-15-4-2-3-5-16(15)30)28-22(18)31(19(29)11-32)17-8-9-33-21-14(25)7-6-13(24)20(17)21/h2-7,10-12,17,19H,8-9H2,1H3/t17-,19?/m1/s1. The highest BCUT2D eigenvalue weighted by atomic mass is 19.1. The van der Waals surface area contributed by atoms with Crippen LogP contribution in [0.25, 0.3) is 17.0 Å². The van der Waals surface area contributed by atoms with Crippen LogP contribution in [0.4, 0.5) is 20.3 Å². The zero-order valence-electron chi connectivity index (χ0n) is 17.5. The van der Waals surface area contributed by atoms with Crippen LogP contribution in [0.2, 0.25) is 0 Å². The van der Waals surface area contributed by atoms with Gasteiger partial charge in [-0.2, -0.15) is 4.98 Å². The summed E-state index contributed by atoms with van der Waals surface area (Å²) in [5.74, 6) is -0.535. The van der Waals surface area contributed by atoms with Gasteiger partial charge in [0.1, 0.15) is 17.8 Å². The van der Waals surface area contributed by atoms with E-state index in [1.165, 1.54) is 0 Å². The Hall–Kier alpha value is -4.08. The highest BCUT2D eigenvalue weighted by molar-refractivity contribution is 5.84. The molecule has 1 unspecified atom stereocenters. The third-order valence-corrected chi connectivity index (χ3v) is 6.24. The molecule has 33 heavy (non-hydrogen) atoms. The van der Waals surface area contributed by atoms with Crippen LogP contribution in [0.1, 0.15) is 18.0 Å². The fourth-order valence-corrected chi connectivity index (χ4v) is 4.68. The Morgan fingerprint density at radius 2 is 1.94 bits per heavy atom. The Balaban J connectivity index is 1.53. The molecule has 0 aliphatic carbocycles. The molecule has 4 heterocycles. The van der Waals surface area contributed by atoms with Crippen LogP contribution in [0.3, 0.4) is 0 Å². The molecule has 2 aliphatic heterocycles. The first-order chi connectivity index (χ1) is 16.1. The molecular formula is C23H18F2N6O2. The van der Waals surface area contributed by atoms with E-state index in [1.54, 1.807) is 33.9 Å². The molecule has 0 radical (unpaired) electrons. The van der Waals surface area contributed by atoms with Gasteiger partial charge in [0.25, 0.3) is 0 Å². The number of likely N-dealkylation sites (N-methyl/N-ethyl adjacent to an activating group) is 1. The summed E-state index contributed by atoms with van der Waals surface area (Å²) < 4.78 is 36.6. The maximum Gasteiger partial charge on any atom is 0.237 e. The summed E-state index contributed by atoms with van der Waals surface area (Å²) in [5.41, 5.74) is 2.32. The molecule has 166 valence electrons. The van der Waals surface area contributed by atoms with Gasteiger partial charge >= 0.3 is 0 Å². The van der Waals surface area contributed by atoms with Gasteiger partial charge in [0, 0.05) is 13.5 Å². The molecule has 2 atom stereocenters. The van der Waals surface area contributed by atoms with E-state index in [0.29, 0.717) is 23.9 Å². The number of halogens is 2. The first-order valence-electron chi connectivity index (χ1n) is 10.4. The second-order valence-corrected chi connectivity index (χ2v) is 7.97. The number of anilines is 2. The average Bonchev–Trinajstić information content (AvgIpc) is 3.39. The zero-order chi connectivity index (χ0) is 22.7. The lowest BCUT2D eigenvalue weighted by molar-refractivity contribution is -0.109. The van der Waals surface area contributed by atoms with Gasteiger partial charge in [0.05, 0.1) is 35.4 Å². The fraction of sp³-hybridized carbons (Fsp3) is 0.217. The minimum absolute atomic E-state index is 0.0857. The maximum absolute atomic E-state index is 14.9. The van der Waals surface area contributed by atoms with Crippen molar-refractivity contribution in [2.45, 2.75) is 18.6 Å². The summed E-state index contributed by atoms with van der Waals surface area (Å²) in [6.45, 7) is 0.184. The number of carbonyl (C=O) groups is 1. The zero-order valence-corrected chi connectivity index (χ0v) is 17.5. The number of rotatable bonds is 3. The molecule has 0 amide bonds. The molecule has 0 saturated carbocycles. The normalized spacial score (nSPS) is 19.4. The van der Waals surface area contributed by atoms with Gasteiger partial charge in [0.15, 0.2) is 29.8 Å². The van der Waals surface area contributed by atoms with E-state index < -0.39 is 23.8 Å². The molecule has 2 aromatic carbocycles. The van der Waals surface area contributed by atoms with E-state index in [0.717, 1.165) is 29.5 Å². The van der Waals surface area contributed by atoms with Crippen LogP contribution in [-0.4, -0.2) is 45.6 Å². The van der Waals surface area contributed by atoms with Gasteiger partial charge in [-0.1, -0.05) is 12.1 Å². The summed E-state index contributed by atoms with van der Waals surface area (Å²) in [6, 6.07) is 9.06. The molecule has 0 bridgehead atoms. The first kappa shape index (κ1) is 19.6. The number of fused-ring (bicyclic) bond motifs is 3. The smallest absolute Gasteiger partial charge is 0.237 e. The van der Waals surface area contributed by atoms with E-state index in [1.807, 2.05) is 24.3 Å². The molecule has 6 rings (SSSR count). The number of hydrogen-bond acceptors (Lipinski definition) is 7. The maximum atomic E-state index is 14.9. The number of carbonyl (C=O) groups excluding carboxylic acids is 1. The highest BCUT2D eigenvalue weighted by Gasteiger charge is 2.43. The molecule has 0 saturated heterocycles. The van der Waals surface area contributed by atoms with Gasteiger partial charge < -0.3 is 14.5 Å². The molecule has 0 fully saturated rings. The largest absolute Gasteiger partial charge is 0.490 e. The third kappa shape index (κ3) is 2.80. The Bertz CT molecular complexity index is 1410. The first-order valence-corrected chi connectivity index (χ1v) is 10.4. The number of aromatic nitrogens is 4. The van der Waals surface area contributed by atoms with Crippen LogP contribution in [0, 0.1) is 11.6 Å². The number of imidazole rings is 1. The van der Waals surface area contributed by atoms with Crippen LogP contribution < -0.4 is 14.5 Å². The van der Waals surface area contributed by atoms with Crippen molar-refractivity contribution in [2.75, 3.05) is 23.5 Å². The van der Waals surface area contributed by atoms with Crippen molar-refractivity contribution in [3.63, 3.8) is 0 Å². The Labute approximate surface area is 187 Å². The number of hydrogen-bond donors (Lipinski definition) is 0. The predicted octanol–water partition coefficient (Wildman–Crippen LogP) is 3.40. The van der Waals surface area contributed by atoms with E-state index >= 15 is 0 Å². The SMILES string of the molecule is CN1c2cnc(-n3cnc4ccccc43)nc2N([C@@H]2CCOc3c(F)ccc(F)c32)C1C=O. The van der Waals surface area contributed by atoms with E-state index in [4.69, 9.17) is 9.72 Å². The molecule has 10 heteroatoms. The highest BCUT2D eigenvalue weighted by Crippen LogP contribution is 2.47. The van der Waals surface area contributed by atoms with Crippen molar-refractivity contribution >= 4 is 28.8 Å². The van der Waals surface area contributed by atoms with Crippen molar-refractivity contribution in [3.05, 3.63) is 66.1 Å². The molecule has 2 aromatic heterocycles. The molecule has 4 aromatic rings. The lowest BCUT2D eigenvalue weighted by Crippen LogP contribution is -2.46. The van der Waals surface area contributed by atoms with Crippen molar-refractivity contribution in [1.82, 2.24) is 19.5 Å². The summed E-state index contributed by atoms with van der Waals surface area (Å²) in [6.07, 6.45) is 3.62. The lowest BCUT2D eigenvalue weighted by Gasteiger charge is -2.37. The number of benzene rings is 2. The molecule has 2 aliphatic rings. The van der Waals surface area contributed by atoms with Gasteiger partial charge in [-0.05, 0) is 24.3 Å². The quantitative estimate of drug-likeness (QED) is 0.445. The van der Waals surface area contributed by atoms with Crippen LogP contribution >= 0.6 is 0 Å². The summed E-state index contributed by atoms with van der Waals surface area (Å²) in [5, 5.41) is 0. The van der Waals surface area contributed by atoms with Crippen LogP contribution in [-0.2, 0) is 4.79 Å². The monoisotopic (exact) mass is 448 g/mol. The van der Waals surface area contributed by atoms with Crippen molar-refractivity contribution in [1.29, 1.82) is 0 Å². The number of ether oxygens (including phenoxy) is 1. The Morgan fingerprint density at radius 1 is 1.12 bits per heavy atom. The van der Waals surface area contributed by atoms with Crippen LogP contribution in [0.5, 0.6) is 5.75 Å². The van der Waals surface area contributed by atoms with Crippen LogP contribution in [0.15, 0.2) is 48.9 Å². The minimum atomic E-state index is -0.761. The van der Waals surface area contributed by atoms with Gasteiger partial charge in [-0.25, -0.2) is 18.7 Å². The topological polar surface area (TPSA) is 76.4 Å². The number of para-hydroxylation sites is 2. The average molecular weight is 448 g/mol.